The van der Waals surface area contributed by atoms with Crippen molar-refractivity contribution in [3.63, 3.8) is 0 Å². The van der Waals surface area contributed by atoms with Crippen molar-refractivity contribution in [1.29, 1.82) is 0 Å². The third-order valence-corrected chi connectivity index (χ3v) is 4.17. The summed E-state index contributed by atoms with van der Waals surface area (Å²) in [4.78, 5) is 11.9. The van der Waals surface area contributed by atoms with Crippen molar-refractivity contribution in [2.45, 2.75) is 12.2 Å². The first kappa shape index (κ1) is 15.5. The summed E-state index contributed by atoms with van der Waals surface area (Å²) in [6, 6.07) is 2.51. The molecule has 1 fully saturated rings. The Kier molecular flexibility index (Phi) is 4.82. The largest absolute Gasteiger partial charge is 0.416 e. The molecule has 2 N–H and O–H groups in total. The van der Waals surface area contributed by atoms with E-state index >= 15 is 0 Å². The van der Waals surface area contributed by atoms with Crippen LogP contribution in [0.3, 0.4) is 0 Å². The fourth-order valence-electron chi connectivity index (χ4n) is 1.75. The van der Waals surface area contributed by atoms with Gasteiger partial charge in [0.05, 0.1) is 22.3 Å². The number of halogens is 4. The molecule has 1 aliphatic rings. The molecule has 1 aromatic carbocycles. The van der Waals surface area contributed by atoms with Crippen LogP contribution in [-0.4, -0.2) is 30.0 Å². The maximum absolute atomic E-state index is 12.5. The number of carbonyl (C=O) groups is 1. The molecule has 1 atom stereocenters. The molecule has 0 bridgehead atoms. The Balaban J connectivity index is 2.08. The Morgan fingerprint density at radius 3 is 2.75 bits per heavy atom. The van der Waals surface area contributed by atoms with E-state index in [2.05, 4.69) is 10.6 Å². The first-order valence-corrected chi connectivity index (χ1v) is 7.40. The SMILES string of the molecule is O=C(Nc1ccc(C(F)(F)F)cc1Cl)C1CSCCN1. The second-order valence-electron chi connectivity index (χ2n) is 4.26. The highest BCUT2D eigenvalue weighted by molar-refractivity contribution is 7.99. The van der Waals surface area contributed by atoms with E-state index in [-0.39, 0.29) is 22.7 Å². The number of anilines is 1. The van der Waals surface area contributed by atoms with Crippen molar-refractivity contribution in [2.75, 3.05) is 23.4 Å². The zero-order valence-corrected chi connectivity index (χ0v) is 11.8. The van der Waals surface area contributed by atoms with Gasteiger partial charge in [-0.15, -0.1) is 0 Å². The summed E-state index contributed by atoms with van der Waals surface area (Å²) in [5.74, 6) is 1.27. The van der Waals surface area contributed by atoms with Crippen LogP contribution in [0.4, 0.5) is 18.9 Å². The molecule has 1 heterocycles. The normalized spacial score (nSPS) is 19.7. The number of amides is 1. The minimum atomic E-state index is -4.45. The molecule has 2 rings (SSSR count). The molecule has 1 amide bonds. The quantitative estimate of drug-likeness (QED) is 0.878. The number of thioether (sulfide) groups is 1. The Labute approximate surface area is 123 Å². The smallest absolute Gasteiger partial charge is 0.323 e. The lowest BCUT2D eigenvalue weighted by Crippen LogP contribution is -2.46. The molecule has 0 aliphatic carbocycles. The molecule has 1 unspecified atom stereocenters. The van der Waals surface area contributed by atoms with Crippen LogP contribution in [0.25, 0.3) is 0 Å². The number of rotatable bonds is 2. The number of nitrogens with one attached hydrogen (secondary N) is 2. The summed E-state index contributed by atoms with van der Waals surface area (Å²) < 4.78 is 37.5. The second kappa shape index (κ2) is 6.24. The van der Waals surface area contributed by atoms with Gasteiger partial charge in [-0.3, -0.25) is 4.79 Å². The standard InChI is InChI=1S/C12H12ClF3N2OS/c13-8-5-7(12(14,15)16)1-2-9(8)18-11(19)10-6-20-4-3-17-10/h1-2,5,10,17H,3-4,6H2,(H,18,19). The Morgan fingerprint density at radius 1 is 1.45 bits per heavy atom. The minimum Gasteiger partial charge on any atom is -0.323 e. The third kappa shape index (κ3) is 3.80. The van der Waals surface area contributed by atoms with Gasteiger partial charge in [-0.1, -0.05) is 11.6 Å². The molecule has 0 spiro atoms. The lowest BCUT2D eigenvalue weighted by molar-refractivity contribution is -0.137. The summed E-state index contributed by atoms with van der Waals surface area (Å²) in [7, 11) is 0. The Morgan fingerprint density at radius 2 is 2.20 bits per heavy atom. The molecule has 110 valence electrons. The maximum Gasteiger partial charge on any atom is 0.416 e. The van der Waals surface area contributed by atoms with E-state index in [0.717, 1.165) is 24.4 Å². The first-order chi connectivity index (χ1) is 9.38. The predicted octanol–water partition coefficient (Wildman–Crippen LogP) is 3.00. The van der Waals surface area contributed by atoms with E-state index in [1.807, 2.05) is 0 Å². The van der Waals surface area contributed by atoms with Crippen molar-refractivity contribution in [3.8, 4) is 0 Å². The predicted molar refractivity (Wildman–Crippen MR) is 74.2 cm³/mol. The highest BCUT2D eigenvalue weighted by atomic mass is 35.5. The van der Waals surface area contributed by atoms with E-state index < -0.39 is 11.7 Å². The van der Waals surface area contributed by atoms with Crippen LogP contribution in [-0.2, 0) is 11.0 Å². The van der Waals surface area contributed by atoms with Gasteiger partial charge in [0.15, 0.2) is 0 Å². The minimum absolute atomic E-state index is 0.128. The zero-order chi connectivity index (χ0) is 14.8. The Bertz CT molecular complexity index is 504. The second-order valence-corrected chi connectivity index (χ2v) is 5.82. The van der Waals surface area contributed by atoms with Crippen LogP contribution < -0.4 is 10.6 Å². The molecule has 0 saturated carbocycles. The lowest BCUT2D eigenvalue weighted by Gasteiger charge is -2.22. The fraction of sp³-hybridized carbons (Fsp3) is 0.417. The maximum atomic E-state index is 12.5. The molecular weight excluding hydrogens is 313 g/mol. The van der Waals surface area contributed by atoms with Gasteiger partial charge in [0.1, 0.15) is 0 Å². The summed E-state index contributed by atoms with van der Waals surface area (Å²) in [5, 5.41) is 5.45. The molecule has 3 nitrogen and oxygen atoms in total. The number of alkyl halides is 3. The lowest BCUT2D eigenvalue weighted by atomic mass is 10.2. The molecule has 1 saturated heterocycles. The molecular formula is C12H12ClF3N2OS. The van der Waals surface area contributed by atoms with Crippen molar-refractivity contribution >= 4 is 35.0 Å². The van der Waals surface area contributed by atoms with Gasteiger partial charge in [0.2, 0.25) is 5.91 Å². The van der Waals surface area contributed by atoms with Crippen LogP contribution in [0.1, 0.15) is 5.56 Å². The van der Waals surface area contributed by atoms with Gasteiger partial charge < -0.3 is 10.6 Å². The van der Waals surface area contributed by atoms with Crippen molar-refractivity contribution < 1.29 is 18.0 Å². The zero-order valence-electron chi connectivity index (χ0n) is 10.3. The summed E-state index contributed by atoms with van der Waals surface area (Å²) in [5.41, 5.74) is -0.658. The topological polar surface area (TPSA) is 41.1 Å². The highest BCUT2D eigenvalue weighted by Gasteiger charge is 2.31. The molecule has 8 heteroatoms. The van der Waals surface area contributed by atoms with Gasteiger partial charge in [-0.05, 0) is 18.2 Å². The van der Waals surface area contributed by atoms with Gasteiger partial charge in [0, 0.05) is 18.1 Å². The van der Waals surface area contributed by atoms with E-state index in [4.69, 9.17) is 11.6 Å². The molecule has 0 radical (unpaired) electrons. The first-order valence-electron chi connectivity index (χ1n) is 5.86. The van der Waals surface area contributed by atoms with Gasteiger partial charge in [-0.25, -0.2) is 0 Å². The van der Waals surface area contributed by atoms with Crippen LogP contribution in [0.5, 0.6) is 0 Å². The highest BCUT2D eigenvalue weighted by Crippen LogP contribution is 2.33. The van der Waals surface area contributed by atoms with Crippen molar-refractivity contribution in [2.24, 2.45) is 0 Å². The molecule has 20 heavy (non-hydrogen) atoms. The van der Waals surface area contributed by atoms with Gasteiger partial charge in [0.25, 0.3) is 0 Å². The number of hydrogen-bond acceptors (Lipinski definition) is 3. The van der Waals surface area contributed by atoms with E-state index in [0.29, 0.717) is 5.75 Å². The number of benzene rings is 1. The van der Waals surface area contributed by atoms with Crippen LogP contribution in [0.2, 0.25) is 5.02 Å². The van der Waals surface area contributed by atoms with E-state index in [1.54, 1.807) is 11.8 Å². The average Bonchev–Trinajstić information content (AvgIpc) is 2.41. The van der Waals surface area contributed by atoms with Gasteiger partial charge >= 0.3 is 6.18 Å². The molecule has 0 aromatic heterocycles. The average molecular weight is 325 g/mol. The number of hydrogen-bond donors (Lipinski definition) is 2. The third-order valence-electron chi connectivity index (χ3n) is 2.79. The fourth-order valence-corrected chi connectivity index (χ4v) is 2.91. The summed E-state index contributed by atoms with van der Waals surface area (Å²) >= 11 is 7.42. The van der Waals surface area contributed by atoms with E-state index in [9.17, 15) is 18.0 Å². The molecule has 1 aliphatic heterocycles. The summed E-state index contributed by atoms with van der Waals surface area (Å²) in [6.45, 7) is 0.726. The number of carbonyl (C=O) groups excluding carboxylic acids is 1. The van der Waals surface area contributed by atoms with Crippen molar-refractivity contribution in [3.05, 3.63) is 28.8 Å². The van der Waals surface area contributed by atoms with Gasteiger partial charge in [-0.2, -0.15) is 24.9 Å². The van der Waals surface area contributed by atoms with Crippen LogP contribution in [0, 0.1) is 0 Å². The van der Waals surface area contributed by atoms with Crippen LogP contribution in [0.15, 0.2) is 18.2 Å². The molecule has 1 aromatic rings. The monoisotopic (exact) mass is 324 g/mol. The summed E-state index contributed by atoms with van der Waals surface area (Å²) in [6.07, 6.45) is -4.45. The van der Waals surface area contributed by atoms with Crippen LogP contribution >= 0.6 is 23.4 Å². The Hall–Kier alpha value is -0.920. The van der Waals surface area contributed by atoms with Crippen molar-refractivity contribution in [1.82, 2.24) is 5.32 Å². The van der Waals surface area contributed by atoms with E-state index in [1.165, 1.54) is 6.07 Å².